The molecular weight excluding hydrogens is 404 g/mol. The Labute approximate surface area is 181 Å². The van der Waals surface area contributed by atoms with E-state index in [2.05, 4.69) is 33.4 Å². The molecule has 1 saturated heterocycles. The van der Waals surface area contributed by atoms with Crippen LogP contribution in [0.3, 0.4) is 0 Å². The number of carbonyl (C=O) groups is 3. The number of imidazole rings is 1. The lowest BCUT2D eigenvalue weighted by molar-refractivity contribution is -0.123. The van der Waals surface area contributed by atoms with Gasteiger partial charge in [-0.25, -0.2) is 4.98 Å². The smallest absolute Gasteiger partial charge is 0.290 e. The molecule has 3 rings (SSSR count). The van der Waals surface area contributed by atoms with E-state index in [1.807, 2.05) is 35.2 Å². The average Bonchev–Trinajstić information content (AvgIpc) is 3.31. The van der Waals surface area contributed by atoms with Crippen molar-refractivity contribution in [1.82, 2.24) is 29.1 Å². The van der Waals surface area contributed by atoms with Gasteiger partial charge >= 0.3 is 0 Å². The van der Waals surface area contributed by atoms with Gasteiger partial charge in [0, 0.05) is 64.3 Å². The van der Waals surface area contributed by atoms with Gasteiger partial charge in [-0.15, -0.1) is 0 Å². The molecule has 0 aliphatic carbocycles. The molecule has 2 aromatic rings. The molecule has 0 bridgehead atoms. The molecule has 11 heteroatoms. The number of nitrogens with zero attached hydrogens (tertiary/aromatic N) is 6. The minimum atomic E-state index is -0.250. The maximum Gasteiger partial charge on any atom is 0.290 e. The highest BCUT2D eigenvalue weighted by atomic mass is 16.3. The van der Waals surface area contributed by atoms with Crippen LogP contribution in [-0.4, -0.2) is 90.9 Å². The lowest BCUT2D eigenvalue weighted by Crippen LogP contribution is -2.35. The van der Waals surface area contributed by atoms with Crippen LogP contribution >= 0.6 is 0 Å². The van der Waals surface area contributed by atoms with E-state index < -0.39 is 0 Å². The molecule has 0 spiro atoms. The van der Waals surface area contributed by atoms with Crippen molar-refractivity contribution in [1.29, 1.82) is 0 Å². The quantitative estimate of drug-likeness (QED) is 0.663. The van der Waals surface area contributed by atoms with Gasteiger partial charge in [-0.1, -0.05) is 0 Å². The largest absolute Gasteiger partial charge is 0.483 e. The molecule has 0 aromatic carbocycles. The second kappa shape index (κ2) is 13.9. The minimum absolute atomic E-state index is 0.0952. The molecular formula is C20H32N6O5. The van der Waals surface area contributed by atoms with Gasteiger partial charge in [-0.3, -0.25) is 19.1 Å². The van der Waals surface area contributed by atoms with Crippen LogP contribution in [-0.2, 0) is 23.1 Å². The van der Waals surface area contributed by atoms with Gasteiger partial charge in [0.15, 0.2) is 0 Å². The molecule has 1 amide bonds. The Balaban J connectivity index is 0.000000720. The fourth-order valence-electron chi connectivity index (χ4n) is 3.21. The molecule has 2 aromatic heterocycles. The Hall–Kier alpha value is -3.21. The van der Waals surface area contributed by atoms with Crippen LogP contribution in [0.15, 0.2) is 24.8 Å². The normalized spacial score (nSPS) is 14.0. The van der Waals surface area contributed by atoms with Crippen molar-refractivity contribution >= 4 is 18.9 Å². The van der Waals surface area contributed by atoms with Gasteiger partial charge in [0.25, 0.3) is 18.9 Å². The zero-order valence-electron chi connectivity index (χ0n) is 18.3. The molecule has 3 heterocycles. The van der Waals surface area contributed by atoms with Gasteiger partial charge in [0.05, 0.1) is 11.8 Å². The molecule has 1 fully saturated rings. The van der Waals surface area contributed by atoms with Crippen LogP contribution in [0, 0.1) is 0 Å². The van der Waals surface area contributed by atoms with E-state index >= 15 is 0 Å². The summed E-state index contributed by atoms with van der Waals surface area (Å²) in [5, 5.41) is 18.1. The monoisotopic (exact) mass is 436 g/mol. The fraction of sp³-hybridized carbons (Fsp3) is 0.550. The van der Waals surface area contributed by atoms with E-state index in [1.165, 1.54) is 0 Å². The topological polar surface area (TPSA) is 134 Å². The van der Waals surface area contributed by atoms with Crippen molar-refractivity contribution in [3.8, 4) is 0 Å². The van der Waals surface area contributed by atoms with Gasteiger partial charge in [-0.2, -0.15) is 5.10 Å². The number of carbonyl (C=O) groups excluding carboxylic acids is 1. The number of hydrogen-bond donors (Lipinski definition) is 2. The second-order valence-electron chi connectivity index (χ2n) is 7.21. The maximum absolute atomic E-state index is 12.7. The highest BCUT2D eigenvalue weighted by Crippen LogP contribution is 2.11. The molecule has 172 valence electrons. The maximum atomic E-state index is 12.7. The predicted octanol–water partition coefficient (Wildman–Crippen LogP) is 0.990. The molecule has 0 radical (unpaired) electrons. The molecule has 11 nitrogen and oxygen atoms in total. The van der Waals surface area contributed by atoms with Crippen molar-refractivity contribution in [3.05, 3.63) is 36.2 Å². The van der Waals surface area contributed by atoms with Crippen molar-refractivity contribution in [2.24, 2.45) is 7.05 Å². The average molecular weight is 437 g/mol. The number of amides is 1. The fourth-order valence-corrected chi connectivity index (χ4v) is 3.21. The summed E-state index contributed by atoms with van der Waals surface area (Å²) >= 11 is 0. The second-order valence-corrected chi connectivity index (χ2v) is 7.21. The van der Waals surface area contributed by atoms with Crippen molar-refractivity contribution < 1.29 is 24.6 Å². The number of carboxylic acid groups (broad SMARTS) is 2. The van der Waals surface area contributed by atoms with Gasteiger partial charge in [-0.05, 0) is 26.8 Å². The molecule has 0 unspecified atom stereocenters. The predicted molar refractivity (Wildman–Crippen MR) is 114 cm³/mol. The number of aromatic nitrogens is 4. The van der Waals surface area contributed by atoms with Crippen LogP contribution in [0.5, 0.6) is 0 Å². The van der Waals surface area contributed by atoms with E-state index in [4.69, 9.17) is 19.8 Å². The van der Waals surface area contributed by atoms with E-state index in [0.29, 0.717) is 5.56 Å². The third kappa shape index (κ3) is 8.59. The van der Waals surface area contributed by atoms with Crippen LogP contribution in [0.2, 0.25) is 0 Å². The van der Waals surface area contributed by atoms with E-state index in [-0.39, 0.29) is 24.9 Å². The van der Waals surface area contributed by atoms with E-state index in [9.17, 15) is 4.79 Å². The Morgan fingerprint density at radius 1 is 1.16 bits per heavy atom. The van der Waals surface area contributed by atoms with Gasteiger partial charge < -0.3 is 24.6 Å². The number of rotatable bonds is 5. The zero-order valence-corrected chi connectivity index (χ0v) is 18.3. The summed E-state index contributed by atoms with van der Waals surface area (Å²) in [6.07, 6.45) is 9.32. The van der Waals surface area contributed by atoms with Crippen LogP contribution in [0.4, 0.5) is 0 Å². The Kier molecular flexibility index (Phi) is 11.6. The Morgan fingerprint density at radius 2 is 1.84 bits per heavy atom. The molecule has 0 atom stereocenters. The van der Waals surface area contributed by atoms with E-state index in [0.717, 1.165) is 51.4 Å². The summed E-state index contributed by atoms with van der Waals surface area (Å²) in [6.45, 7) is 8.13. The first-order valence-corrected chi connectivity index (χ1v) is 10.1. The summed E-state index contributed by atoms with van der Waals surface area (Å²) < 4.78 is 3.91. The Bertz CT molecular complexity index is 798. The SMILES string of the molecule is CC(C)n1cc(C(=O)N2CCCN(CCc3nccn3C)CC2)cn1.O=CO.O=CO. The molecule has 0 saturated carbocycles. The lowest BCUT2D eigenvalue weighted by Gasteiger charge is -2.21. The van der Waals surface area contributed by atoms with Gasteiger partial charge in [0.2, 0.25) is 0 Å². The zero-order chi connectivity index (χ0) is 23.2. The van der Waals surface area contributed by atoms with E-state index in [1.54, 1.807) is 6.20 Å². The van der Waals surface area contributed by atoms with Crippen molar-refractivity contribution in [2.75, 3.05) is 32.7 Å². The number of hydrogen-bond acceptors (Lipinski definition) is 6. The van der Waals surface area contributed by atoms with Gasteiger partial charge in [0.1, 0.15) is 5.82 Å². The highest BCUT2D eigenvalue weighted by molar-refractivity contribution is 5.93. The summed E-state index contributed by atoms with van der Waals surface area (Å²) in [5.41, 5.74) is 0.690. The first-order valence-electron chi connectivity index (χ1n) is 10.1. The van der Waals surface area contributed by atoms with Crippen LogP contribution in [0.25, 0.3) is 0 Å². The van der Waals surface area contributed by atoms with Crippen LogP contribution < -0.4 is 0 Å². The molecule has 1 aliphatic heterocycles. The highest BCUT2D eigenvalue weighted by Gasteiger charge is 2.21. The first kappa shape index (κ1) is 25.8. The summed E-state index contributed by atoms with van der Waals surface area (Å²) in [5.74, 6) is 1.20. The summed E-state index contributed by atoms with van der Waals surface area (Å²) in [7, 11) is 2.03. The summed E-state index contributed by atoms with van der Waals surface area (Å²) in [4.78, 5) is 38.2. The lowest BCUT2D eigenvalue weighted by atomic mass is 10.3. The standard InChI is InChI=1S/C18H28N6O.2CH2O2/c1-15(2)24-14-16(13-20-24)18(25)23-8-4-7-22(11-12-23)9-5-17-19-6-10-21(17)3;2*2-1-3/h6,10,13-15H,4-5,7-9,11-12H2,1-3H3;2*1H,(H,2,3). The third-order valence-electron chi connectivity index (χ3n) is 4.83. The van der Waals surface area contributed by atoms with Crippen molar-refractivity contribution in [2.45, 2.75) is 32.7 Å². The first-order chi connectivity index (χ1) is 14.9. The summed E-state index contributed by atoms with van der Waals surface area (Å²) in [6, 6.07) is 0.271. The van der Waals surface area contributed by atoms with Crippen LogP contribution in [0.1, 0.15) is 42.5 Å². The minimum Gasteiger partial charge on any atom is -0.483 e. The molecule has 2 N–H and O–H groups in total. The van der Waals surface area contributed by atoms with Crippen molar-refractivity contribution in [3.63, 3.8) is 0 Å². The third-order valence-corrected chi connectivity index (χ3v) is 4.83. The molecule has 31 heavy (non-hydrogen) atoms. The Morgan fingerprint density at radius 3 is 2.39 bits per heavy atom. The number of aryl methyl sites for hydroxylation is 1. The molecule has 1 aliphatic rings.